The van der Waals surface area contributed by atoms with Crippen molar-refractivity contribution in [1.82, 2.24) is 4.90 Å². The highest BCUT2D eigenvalue weighted by Crippen LogP contribution is 2.13. The predicted octanol–water partition coefficient (Wildman–Crippen LogP) is 2.55. The third-order valence-corrected chi connectivity index (χ3v) is 3.71. The van der Waals surface area contributed by atoms with E-state index in [-0.39, 0.29) is 6.04 Å². The van der Waals surface area contributed by atoms with Gasteiger partial charge in [0.15, 0.2) is 0 Å². The molecule has 0 amide bonds. The lowest BCUT2D eigenvalue weighted by Gasteiger charge is -2.25. The number of rotatable bonds is 6. The van der Waals surface area contributed by atoms with E-state index in [1.54, 1.807) is 0 Å². The third-order valence-electron chi connectivity index (χ3n) is 2.85. The Morgan fingerprint density at radius 1 is 1.47 bits per heavy atom. The van der Waals surface area contributed by atoms with Gasteiger partial charge in [-0.05, 0) is 30.8 Å². The van der Waals surface area contributed by atoms with Crippen molar-refractivity contribution in [1.29, 1.82) is 0 Å². The lowest BCUT2D eigenvalue weighted by atomic mass is 10.0. The number of thiophene rings is 1. The maximum Gasteiger partial charge on any atom is 0.0327 e. The van der Waals surface area contributed by atoms with E-state index in [4.69, 9.17) is 5.73 Å². The number of hydrogen-bond donors (Lipinski definition) is 1. The van der Waals surface area contributed by atoms with Crippen LogP contribution in [0.3, 0.4) is 0 Å². The zero-order chi connectivity index (χ0) is 11.3. The lowest BCUT2D eigenvalue weighted by Crippen LogP contribution is -2.35. The second kappa shape index (κ2) is 6.26. The van der Waals surface area contributed by atoms with Gasteiger partial charge in [0.1, 0.15) is 0 Å². The lowest BCUT2D eigenvalue weighted by molar-refractivity contribution is 0.229. The van der Waals surface area contributed by atoms with Crippen LogP contribution in [0.1, 0.15) is 25.6 Å². The first-order valence-electron chi connectivity index (χ1n) is 5.63. The molecule has 0 aromatic carbocycles. The largest absolute Gasteiger partial charge is 0.328 e. The minimum atomic E-state index is 0.280. The number of nitrogens with two attached hydrogens (primary N) is 1. The summed E-state index contributed by atoms with van der Waals surface area (Å²) in [4.78, 5) is 3.90. The quantitative estimate of drug-likeness (QED) is 0.808. The van der Waals surface area contributed by atoms with Crippen LogP contribution in [0, 0.1) is 5.92 Å². The standard InChI is InChI=1S/C12H22N2S/c1-4-14(8-10(2)11(3)13)9-12-6-5-7-15-12/h5-7,10-11H,4,8-9,13H2,1-3H3. The van der Waals surface area contributed by atoms with Crippen molar-refractivity contribution >= 4 is 11.3 Å². The Balaban J connectivity index is 2.42. The average Bonchev–Trinajstić information content (AvgIpc) is 2.69. The van der Waals surface area contributed by atoms with Gasteiger partial charge in [0.2, 0.25) is 0 Å². The van der Waals surface area contributed by atoms with E-state index in [2.05, 4.69) is 43.2 Å². The van der Waals surface area contributed by atoms with Gasteiger partial charge in [-0.15, -0.1) is 11.3 Å². The molecule has 0 aliphatic carbocycles. The molecule has 0 saturated carbocycles. The van der Waals surface area contributed by atoms with Crippen LogP contribution in [0.5, 0.6) is 0 Å². The second-order valence-corrected chi connectivity index (χ2v) is 5.28. The minimum Gasteiger partial charge on any atom is -0.328 e. The van der Waals surface area contributed by atoms with E-state index in [1.807, 2.05) is 11.3 Å². The SMILES string of the molecule is CCN(Cc1cccs1)CC(C)C(C)N. The number of nitrogens with zero attached hydrogens (tertiary/aromatic N) is 1. The normalized spacial score (nSPS) is 15.5. The molecular weight excluding hydrogens is 204 g/mol. The van der Waals surface area contributed by atoms with Crippen molar-refractivity contribution < 1.29 is 0 Å². The van der Waals surface area contributed by atoms with Crippen LogP contribution in [0.25, 0.3) is 0 Å². The zero-order valence-corrected chi connectivity index (χ0v) is 10.8. The Hall–Kier alpha value is -0.380. The van der Waals surface area contributed by atoms with Gasteiger partial charge in [-0.3, -0.25) is 4.90 Å². The molecule has 0 saturated heterocycles. The first-order chi connectivity index (χ1) is 7.13. The Morgan fingerprint density at radius 2 is 2.20 bits per heavy atom. The molecule has 2 N–H and O–H groups in total. The Bertz CT molecular complexity index is 257. The van der Waals surface area contributed by atoms with Crippen LogP contribution >= 0.6 is 11.3 Å². The molecule has 0 aliphatic heterocycles. The number of hydrogen-bond acceptors (Lipinski definition) is 3. The maximum absolute atomic E-state index is 5.89. The van der Waals surface area contributed by atoms with Crippen LogP contribution in [0.15, 0.2) is 17.5 Å². The summed E-state index contributed by atoms with van der Waals surface area (Å²) in [6.45, 7) is 9.76. The van der Waals surface area contributed by atoms with Crippen LogP contribution in [0.2, 0.25) is 0 Å². The fourth-order valence-corrected chi connectivity index (χ4v) is 2.25. The summed E-state index contributed by atoms with van der Waals surface area (Å²) in [5.74, 6) is 0.560. The molecule has 0 fully saturated rings. The van der Waals surface area contributed by atoms with Gasteiger partial charge in [0, 0.05) is 24.0 Å². The average molecular weight is 226 g/mol. The van der Waals surface area contributed by atoms with Crippen molar-refractivity contribution in [3.63, 3.8) is 0 Å². The predicted molar refractivity (Wildman–Crippen MR) is 68.1 cm³/mol. The van der Waals surface area contributed by atoms with Crippen molar-refractivity contribution in [2.45, 2.75) is 33.4 Å². The Labute approximate surface area is 97.1 Å². The molecule has 3 heteroatoms. The molecule has 2 unspecified atom stereocenters. The van der Waals surface area contributed by atoms with Gasteiger partial charge in [-0.25, -0.2) is 0 Å². The molecule has 0 spiro atoms. The van der Waals surface area contributed by atoms with Gasteiger partial charge in [-0.1, -0.05) is 19.9 Å². The smallest absolute Gasteiger partial charge is 0.0327 e. The van der Waals surface area contributed by atoms with Crippen molar-refractivity contribution in [2.24, 2.45) is 11.7 Å². The van der Waals surface area contributed by atoms with E-state index in [9.17, 15) is 0 Å². The fourth-order valence-electron chi connectivity index (χ4n) is 1.50. The third kappa shape index (κ3) is 4.33. The van der Waals surface area contributed by atoms with Crippen LogP contribution in [-0.2, 0) is 6.54 Å². The van der Waals surface area contributed by atoms with E-state index in [0.717, 1.165) is 19.6 Å². The van der Waals surface area contributed by atoms with Gasteiger partial charge in [0.05, 0.1) is 0 Å². The highest BCUT2D eigenvalue weighted by molar-refractivity contribution is 7.09. The molecule has 1 aromatic heterocycles. The molecule has 2 nitrogen and oxygen atoms in total. The molecule has 86 valence electrons. The van der Waals surface area contributed by atoms with Crippen LogP contribution < -0.4 is 5.73 Å². The molecule has 1 aromatic rings. The molecule has 1 rings (SSSR count). The monoisotopic (exact) mass is 226 g/mol. The Kier molecular flexibility index (Phi) is 5.29. The van der Waals surface area contributed by atoms with Gasteiger partial charge >= 0.3 is 0 Å². The van der Waals surface area contributed by atoms with Crippen molar-refractivity contribution in [3.05, 3.63) is 22.4 Å². The molecule has 0 aliphatic rings. The topological polar surface area (TPSA) is 29.3 Å². The summed E-state index contributed by atoms with van der Waals surface area (Å²) in [6, 6.07) is 4.59. The van der Waals surface area contributed by atoms with E-state index in [0.29, 0.717) is 5.92 Å². The van der Waals surface area contributed by atoms with Crippen LogP contribution in [-0.4, -0.2) is 24.0 Å². The Morgan fingerprint density at radius 3 is 2.67 bits per heavy atom. The van der Waals surface area contributed by atoms with Crippen molar-refractivity contribution in [3.8, 4) is 0 Å². The summed E-state index contributed by atoms with van der Waals surface area (Å²) >= 11 is 1.83. The summed E-state index contributed by atoms with van der Waals surface area (Å²) in [6.07, 6.45) is 0. The molecule has 2 atom stereocenters. The first kappa shape index (κ1) is 12.7. The summed E-state index contributed by atoms with van der Waals surface area (Å²) in [7, 11) is 0. The minimum absolute atomic E-state index is 0.280. The van der Waals surface area contributed by atoms with Gasteiger partial charge in [-0.2, -0.15) is 0 Å². The zero-order valence-electron chi connectivity index (χ0n) is 9.94. The molecular formula is C12H22N2S. The molecule has 0 bridgehead atoms. The first-order valence-corrected chi connectivity index (χ1v) is 6.51. The summed E-state index contributed by atoms with van der Waals surface area (Å²) in [5, 5.41) is 2.14. The maximum atomic E-state index is 5.89. The summed E-state index contributed by atoms with van der Waals surface area (Å²) < 4.78 is 0. The van der Waals surface area contributed by atoms with E-state index < -0.39 is 0 Å². The van der Waals surface area contributed by atoms with Crippen LogP contribution in [0.4, 0.5) is 0 Å². The summed E-state index contributed by atoms with van der Waals surface area (Å²) in [5.41, 5.74) is 5.89. The molecule has 15 heavy (non-hydrogen) atoms. The second-order valence-electron chi connectivity index (χ2n) is 4.24. The van der Waals surface area contributed by atoms with E-state index in [1.165, 1.54) is 4.88 Å². The van der Waals surface area contributed by atoms with Crippen molar-refractivity contribution in [2.75, 3.05) is 13.1 Å². The van der Waals surface area contributed by atoms with Gasteiger partial charge < -0.3 is 5.73 Å². The van der Waals surface area contributed by atoms with E-state index >= 15 is 0 Å². The molecule has 0 radical (unpaired) electrons. The highest BCUT2D eigenvalue weighted by Gasteiger charge is 2.12. The fraction of sp³-hybridized carbons (Fsp3) is 0.667. The van der Waals surface area contributed by atoms with Gasteiger partial charge in [0.25, 0.3) is 0 Å². The molecule has 1 heterocycles. The highest BCUT2D eigenvalue weighted by atomic mass is 32.1.